The quantitative estimate of drug-likeness (QED) is 0.799. The predicted molar refractivity (Wildman–Crippen MR) is 87.7 cm³/mol. The van der Waals surface area contributed by atoms with Gasteiger partial charge in [0.2, 0.25) is 5.91 Å². The molecule has 0 saturated carbocycles. The lowest BCUT2D eigenvalue weighted by molar-refractivity contribution is -0.117. The van der Waals surface area contributed by atoms with E-state index in [9.17, 15) is 4.79 Å². The molecule has 104 valence electrons. The van der Waals surface area contributed by atoms with Crippen LogP contribution in [0, 0.1) is 0 Å². The number of thiophene rings is 1. The Labute approximate surface area is 131 Å². The van der Waals surface area contributed by atoms with Gasteiger partial charge in [0, 0.05) is 15.9 Å². The van der Waals surface area contributed by atoms with Crippen LogP contribution in [0.4, 0.5) is 5.69 Å². The van der Waals surface area contributed by atoms with Crippen LogP contribution in [0.3, 0.4) is 0 Å². The number of rotatable bonds is 3. The number of aryl methyl sites for hydroxylation is 1. The van der Waals surface area contributed by atoms with Crippen molar-refractivity contribution in [2.24, 2.45) is 0 Å². The van der Waals surface area contributed by atoms with Gasteiger partial charge in [-0.25, -0.2) is 0 Å². The summed E-state index contributed by atoms with van der Waals surface area (Å²) >= 11 is 5.20. The van der Waals surface area contributed by atoms with Gasteiger partial charge in [-0.15, -0.1) is 11.3 Å². The molecule has 0 fully saturated rings. The summed E-state index contributed by atoms with van der Waals surface area (Å²) in [6.07, 6.45) is 3.18. The smallest absolute Gasteiger partial charge is 0.231 e. The molecule has 1 aliphatic rings. The number of carbonyl (C=O) groups is 1. The number of hydrogen-bond donors (Lipinski definition) is 1. The van der Waals surface area contributed by atoms with E-state index in [0.717, 1.165) is 30.3 Å². The molecule has 0 aliphatic heterocycles. The lowest BCUT2D eigenvalue weighted by atomic mass is 9.87. The summed E-state index contributed by atoms with van der Waals surface area (Å²) in [7, 11) is 0. The maximum atomic E-state index is 12.5. The summed E-state index contributed by atoms with van der Waals surface area (Å²) in [5.74, 6) is 0.136. The van der Waals surface area contributed by atoms with Gasteiger partial charge >= 0.3 is 0 Å². The normalized spacial score (nSPS) is 17.6. The van der Waals surface area contributed by atoms with Crippen molar-refractivity contribution < 1.29 is 4.79 Å². The van der Waals surface area contributed by atoms with E-state index in [0.29, 0.717) is 0 Å². The number of carbonyl (C=O) groups excluding carboxylic acids is 1. The van der Waals surface area contributed by atoms with Crippen molar-refractivity contribution in [1.29, 1.82) is 0 Å². The maximum absolute atomic E-state index is 12.5. The zero-order chi connectivity index (χ0) is 13.9. The first kappa shape index (κ1) is 13.8. The zero-order valence-corrected chi connectivity index (χ0v) is 13.5. The summed E-state index contributed by atoms with van der Waals surface area (Å²) in [5.41, 5.74) is 3.32. The molecule has 0 saturated heterocycles. The fraction of sp³-hybridized carbons (Fsp3) is 0.312. The van der Waals surface area contributed by atoms with E-state index in [4.69, 9.17) is 0 Å². The Morgan fingerprint density at radius 3 is 2.85 bits per heavy atom. The fourth-order valence-electron chi connectivity index (χ4n) is 2.67. The maximum Gasteiger partial charge on any atom is 0.231 e. The third kappa shape index (κ3) is 2.81. The minimum atomic E-state index is 0.0147. The molecule has 1 unspecified atom stereocenters. The molecule has 1 atom stereocenters. The number of hydrogen-bond acceptors (Lipinski definition) is 2. The highest BCUT2D eigenvalue weighted by Gasteiger charge is 2.27. The van der Waals surface area contributed by atoms with E-state index in [1.165, 1.54) is 16.0 Å². The van der Waals surface area contributed by atoms with Crippen LogP contribution in [-0.2, 0) is 16.5 Å². The topological polar surface area (TPSA) is 29.1 Å². The van der Waals surface area contributed by atoms with E-state index in [1.54, 1.807) is 11.3 Å². The minimum absolute atomic E-state index is 0.0147. The molecule has 1 N–H and O–H groups in total. The lowest BCUT2D eigenvalue weighted by Crippen LogP contribution is -2.23. The largest absolute Gasteiger partial charge is 0.326 e. The molecule has 2 nitrogen and oxygen atoms in total. The summed E-state index contributed by atoms with van der Waals surface area (Å²) in [6.45, 7) is 0. The van der Waals surface area contributed by atoms with Crippen LogP contribution in [0.25, 0.3) is 0 Å². The number of halogens is 1. The third-order valence-electron chi connectivity index (χ3n) is 3.74. The van der Waals surface area contributed by atoms with Crippen molar-refractivity contribution in [2.75, 3.05) is 5.32 Å². The predicted octanol–water partition coefficient (Wildman–Crippen LogP) is 4.70. The molecule has 0 spiro atoms. The second kappa shape index (κ2) is 6.10. The number of alkyl halides is 1. The molecule has 3 rings (SSSR count). The van der Waals surface area contributed by atoms with Crippen LogP contribution in [0.15, 0.2) is 35.7 Å². The standard InChI is InChI=1S/C16H16BrNOS/c17-10-11-4-6-12(7-5-11)18-16(19)14-2-1-3-15-13(14)8-9-20-15/h4-9,14H,1-3,10H2,(H,18,19). The summed E-state index contributed by atoms with van der Waals surface area (Å²) in [4.78, 5) is 13.8. The summed E-state index contributed by atoms with van der Waals surface area (Å²) in [6, 6.07) is 10.1. The van der Waals surface area contributed by atoms with Crippen LogP contribution >= 0.6 is 27.3 Å². The van der Waals surface area contributed by atoms with Gasteiger partial charge in [-0.3, -0.25) is 4.79 Å². The van der Waals surface area contributed by atoms with Crippen molar-refractivity contribution in [3.63, 3.8) is 0 Å². The number of fused-ring (bicyclic) bond motifs is 1. The second-order valence-electron chi connectivity index (χ2n) is 5.06. The van der Waals surface area contributed by atoms with Crippen molar-refractivity contribution in [3.05, 3.63) is 51.7 Å². The average Bonchev–Trinajstić information content (AvgIpc) is 2.96. The molecule has 2 aromatic rings. The van der Waals surface area contributed by atoms with E-state index in [1.807, 2.05) is 24.3 Å². The highest BCUT2D eigenvalue weighted by atomic mass is 79.9. The van der Waals surface area contributed by atoms with Gasteiger partial charge in [-0.2, -0.15) is 0 Å². The Bertz CT molecular complexity index is 605. The minimum Gasteiger partial charge on any atom is -0.326 e. The van der Waals surface area contributed by atoms with Gasteiger partial charge in [0.05, 0.1) is 5.92 Å². The molecule has 1 aromatic heterocycles. The lowest BCUT2D eigenvalue weighted by Gasteiger charge is -2.21. The van der Waals surface area contributed by atoms with Crippen LogP contribution < -0.4 is 5.32 Å². The fourth-order valence-corrected chi connectivity index (χ4v) is 4.03. The molecular weight excluding hydrogens is 334 g/mol. The second-order valence-corrected chi connectivity index (χ2v) is 6.63. The first-order chi connectivity index (χ1) is 9.78. The van der Waals surface area contributed by atoms with Crippen molar-refractivity contribution in [3.8, 4) is 0 Å². The van der Waals surface area contributed by atoms with Crippen LogP contribution in [-0.4, -0.2) is 5.91 Å². The zero-order valence-electron chi connectivity index (χ0n) is 11.1. The van der Waals surface area contributed by atoms with Gasteiger partial charge in [0.25, 0.3) is 0 Å². The van der Waals surface area contributed by atoms with Crippen LogP contribution in [0.2, 0.25) is 0 Å². The highest BCUT2D eigenvalue weighted by molar-refractivity contribution is 9.08. The van der Waals surface area contributed by atoms with Crippen molar-refractivity contribution >= 4 is 38.9 Å². The summed E-state index contributed by atoms with van der Waals surface area (Å²) < 4.78 is 0. The first-order valence-corrected chi connectivity index (χ1v) is 8.80. The van der Waals surface area contributed by atoms with E-state index in [-0.39, 0.29) is 11.8 Å². The Morgan fingerprint density at radius 1 is 1.30 bits per heavy atom. The van der Waals surface area contributed by atoms with Crippen LogP contribution in [0.5, 0.6) is 0 Å². The first-order valence-electron chi connectivity index (χ1n) is 6.80. The number of benzene rings is 1. The van der Waals surface area contributed by atoms with Gasteiger partial charge in [0.1, 0.15) is 0 Å². The van der Waals surface area contributed by atoms with Gasteiger partial charge in [0.15, 0.2) is 0 Å². The van der Waals surface area contributed by atoms with E-state index >= 15 is 0 Å². The Balaban J connectivity index is 1.74. The molecule has 1 aliphatic carbocycles. The Morgan fingerprint density at radius 2 is 2.10 bits per heavy atom. The van der Waals surface area contributed by atoms with Crippen LogP contribution in [0.1, 0.15) is 34.8 Å². The Kier molecular flexibility index (Phi) is 4.22. The van der Waals surface area contributed by atoms with Gasteiger partial charge in [-0.05, 0) is 54.0 Å². The molecule has 0 radical (unpaired) electrons. The molecule has 1 heterocycles. The third-order valence-corrected chi connectivity index (χ3v) is 5.39. The molecule has 0 bridgehead atoms. The van der Waals surface area contributed by atoms with Gasteiger partial charge in [-0.1, -0.05) is 28.1 Å². The van der Waals surface area contributed by atoms with Gasteiger partial charge < -0.3 is 5.32 Å². The number of nitrogens with one attached hydrogen (secondary N) is 1. The Hall–Kier alpha value is -1.13. The molecule has 1 amide bonds. The molecule has 20 heavy (non-hydrogen) atoms. The monoisotopic (exact) mass is 349 g/mol. The molecule has 1 aromatic carbocycles. The number of anilines is 1. The SMILES string of the molecule is O=C(Nc1ccc(CBr)cc1)C1CCCc2sccc21. The van der Waals surface area contributed by atoms with E-state index < -0.39 is 0 Å². The molecular formula is C16H16BrNOS. The highest BCUT2D eigenvalue weighted by Crippen LogP contribution is 2.35. The van der Waals surface area contributed by atoms with Crippen molar-refractivity contribution in [2.45, 2.75) is 30.5 Å². The average molecular weight is 350 g/mol. The molecule has 4 heteroatoms. The number of amides is 1. The van der Waals surface area contributed by atoms with E-state index in [2.05, 4.69) is 32.7 Å². The van der Waals surface area contributed by atoms with Crippen molar-refractivity contribution in [1.82, 2.24) is 0 Å². The summed E-state index contributed by atoms with van der Waals surface area (Å²) in [5, 5.41) is 5.98.